The lowest BCUT2D eigenvalue weighted by molar-refractivity contribution is 0.441. The van der Waals surface area contributed by atoms with Gasteiger partial charge in [-0.25, -0.2) is 0 Å². The summed E-state index contributed by atoms with van der Waals surface area (Å²) >= 11 is 0. The fourth-order valence-corrected chi connectivity index (χ4v) is 3.02. The Kier molecular flexibility index (Phi) is 2.79. The summed E-state index contributed by atoms with van der Waals surface area (Å²) in [5, 5.41) is 22.8. The molecule has 1 aromatic rings. The van der Waals surface area contributed by atoms with Gasteiger partial charge in [0.25, 0.3) is 0 Å². The molecule has 0 bridgehead atoms. The third-order valence-corrected chi connectivity index (χ3v) is 4.68. The SMILES string of the molecule is CC1=C(C)Cc2c(O)c3c(c(O)c2=C1)CC(C)=C(C)C=3. The molecular formula is C18H20O2. The molecule has 2 nitrogen and oxygen atoms in total. The quantitative estimate of drug-likeness (QED) is 0.710. The molecule has 2 aliphatic rings. The van der Waals surface area contributed by atoms with Crippen LogP contribution in [0.15, 0.2) is 22.3 Å². The number of allylic oxidation sites excluding steroid dienone is 4. The second-order valence-corrected chi connectivity index (χ2v) is 6.05. The van der Waals surface area contributed by atoms with E-state index >= 15 is 0 Å². The highest BCUT2D eigenvalue weighted by molar-refractivity contribution is 5.67. The summed E-state index contributed by atoms with van der Waals surface area (Å²) in [7, 11) is 0. The third-order valence-electron chi connectivity index (χ3n) is 4.68. The molecule has 3 rings (SSSR count). The van der Waals surface area contributed by atoms with Crippen molar-refractivity contribution in [3.63, 3.8) is 0 Å². The van der Waals surface area contributed by atoms with Crippen molar-refractivity contribution in [1.29, 1.82) is 0 Å². The van der Waals surface area contributed by atoms with Gasteiger partial charge < -0.3 is 10.2 Å². The number of fused-ring (bicyclic) bond motifs is 2. The van der Waals surface area contributed by atoms with E-state index in [1.54, 1.807) is 0 Å². The predicted molar refractivity (Wildman–Crippen MR) is 82.1 cm³/mol. The van der Waals surface area contributed by atoms with Crippen LogP contribution >= 0.6 is 0 Å². The number of phenolic OH excluding ortho intramolecular Hbond substituents is 2. The largest absolute Gasteiger partial charge is 0.507 e. The van der Waals surface area contributed by atoms with Gasteiger partial charge in [0.15, 0.2) is 0 Å². The van der Waals surface area contributed by atoms with Crippen molar-refractivity contribution >= 4 is 12.2 Å². The molecule has 104 valence electrons. The summed E-state index contributed by atoms with van der Waals surface area (Å²) in [6, 6.07) is 0. The number of benzene rings is 1. The molecule has 0 saturated carbocycles. The van der Waals surface area contributed by atoms with Crippen LogP contribution in [0, 0.1) is 0 Å². The molecule has 0 aliphatic heterocycles. The van der Waals surface area contributed by atoms with Crippen LogP contribution in [0.25, 0.3) is 12.2 Å². The molecule has 2 aliphatic carbocycles. The van der Waals surface area contributed by atoms with Crippen molar-refractivity contribution < 1.29 is 10.2 Å². The topological polar surface area (TPSA) is 40.5 Å². The molecule has 2 N–H and O–H groups in total. The zero-order chi connectivity index (χ0) is 14.6. The highest BCUT2D eigenvalue weighted by Gasteiger charge is 2.21. The Morgan fingerprint density at radius 1 is 0.700 bits per heavy atom. The zero-order valence-electron chi connectivity index (χ0n) is 12.5. The van der Waals surface area contributed by atoms with E-state index in [1.807, 2.05) is 12.2 Å². The minimum atomic E-state index is 0.336. The average molecular weight is 268 g/mol. The van der Waals surface area contributed by atoms with E-state index in [2.05, 4.69) is 27.7 Å². The van der Waals surface area contributed by atoms with E-state index in [-0.39, 0.29) is 0 Å². The second-order valence-electron chi connectivity index (χ2n) is 6.05. The smallest absolute Gasteiger partial charge is 0.127 e. The Labute approximate surface area is 119 Å². The van der Waals surface area contributed by atoms with Crippen molar-refractivity contribution in [2.24, 2.45) is 0 Å². The lowest BCUT2D eigenvalue weighted by Crippen LogP contribution is -2.26. The van der Waals surface area contributed by atoms with Gasteiger partial charge in [-0.2, -0.15) is 0 Å². The molecule has 0 amide bonds. The number of rotatable bonds is 0. The van der Waals surface area contributed by atoms with E-state index in [1.165, 1.54) is 22.3 Å². The maximum Gasteiger partial charge on any atom is 0.127 e. The fourth-order valence-electron chi connectivity index (χ4n) is 3.02. The van der Waals surface area contributed by atoms with Gasteiger partial charge >= 0.3 is 0 Å². The minimum absolute atomic E-state index is 0.336. The second kappa shape index (κ2) is 4.27. The number of aromatic hydroxyl groups is 2. The van der Waals surface area contributed by atoms with Crippen molar-refractivity contribution in [1.82, 2.24) is 0 Å². The lowest BCUT2D eigenvalue weighted by Gasteiger charge is -2.21. The van der Waals surface area contributed by atoms with Crippen molar-refractivity contribution in [2.45, 2.75) is 40.5 Å². The van der Waals surface area contributed by atoms with E-state index in [0.29, 0.717) is 24.3 Å². The van der Waals surface area contributed by atoms with Gasteiger partial charge in [0, 0.05) is 21.6 Å². The zero-order valence-corrected chi connectivity index (χ0v) is 12.5. The van der Waals surface area contributed by atoms with Gasteiger partial charge in [-0.3, -0.25) is 0 Å². The highest BCUT2D eigenvalue weighted by Crippen LogP contribution is 2.28. The highest BCUT2D eigenvalue weighted by atomic mass is 16.3. The molecule has 0 unspecified atom stereocenters. The Morgan fingerprint density at radius 3 is 1.40 bits per heavy atom. The van der Waals surface area contributed by atoms with Gasteiger partial charge in [-0.1, -0.05) is 22.3 Å². The summed E-state index contributed by atoms with van der Waals surface area (Å²) in [4.78, 5) is 0. The first-order chi connectivity index (χ1) is 9.40. The number of hydrogen-bond acceptors (Lipinski definition) is 2. The fraction of sp³-hybridized carbons (Fsp3) is 0.333. The van der Waals surface area contributed by atoms with Gasteiger partial charge in [-0.05, 0) is 52.7 Å². The maximum absolute atomic E-state index is 10.6. The Balaban J connectivity index is 2.43. The van der Waals surface area contributed by atoms with E-state index in [0.717, 1.165) is 21.6 Å². The van der Waals surface area contributed by atoms with Gasteiger partial charge in [0.05, 0.1) is 0 Å². The van der Waals surface area contributed by atoms with Crippen LogP contribution in [0.1, 0.15) is 38.8 Å². The lowest BCUT2D eigenvalue weighted by atomic mass is 9.86. The van der Waals surface area contributed by atoms with Crippen LogP contribution in [0.3, 0.4) is 0 Å². The Hall–Kier alpha value is -1.96. The van der Waals surface area contributed by atoms with Crippen LogP contribution in [0.4, 0.5) is 0 Å². The summed E-state index contributed by atoms with van der Waals surface area (Å²) in [6.45, 7) is 8.25. The third kappa shape index (κ3) is 1.71. The Bertz CT molecular complexity index is 735. The summed E-state index contributed by atoms with van der Waals surface area (Å²) in [6.07, 6.45) is 5.40. The van der Waals surface area contributed by atoms with Crippen molar-refractivity contribution in [3.8, 4) is 11.5 Å². The number of phenols is 2. The monoisotopic (exact) mass is 268 g/mol. The van der Waals surface area contributed by atoms with Crippen molar-refractivity contribution in [2.75, 3.05) is 0 Å². The molecule has 20 heavy (non-hydrogen) atoms. The van der Waals surface area contributed by atoms with E-state index in [4.69, 9.17) is 0 Å². The van der Waals surface area contributed by atoms with Gasteiger partial charge in [0.2, 0.25) is 0 Å². The summed E-state index contributed by atoms with van der Waals surface area (Å²) < 4.78 is 0. The van der Waals surface area contributed by atoms with Crippen LogP contribution < -0.4 is 10.4 Å². The molecular weight excluding hydrogens is 248 g/mol. The molecule has 0 radical (unpaired) electrons. The van der Waals surface area contributed by atoms with Crippen LogP contribution in [0.5, 0.6) is 11.5 Å². The number of hydrogen-bond donors (Lipinski definition) is 2. The predicted octanol–water partition coefficient (Wildman–Crippen LogP) is 2.44. The van der Waals surface area contributed by atoms with Crippen LogP contribution in [-0.4, -0.2) is 10.2 Å². The molecule has 0 saturated heterocycles. The molecule has 0 heterocycles. The average Bonchev–Trinajstić information content (AvgIpc) is 2.41. The molecule has 2 heteroatoms. The first-order valence-corrected chi connectivity index (χ1v) is 7.02. The first-order valence-electron chi connectivity index (χ1n) is 7.02. The molecule has 0 aromatic heterocycles. The molecule has 0 atom stereocenters. The molecule has 1 aromatic carbocycles. The van der Waals surface area contributed by atoms with Gasteiger partial charge in [0.1, 0.15) is 11.5 Å². The minimum Gasteiger partial charge on any atom is -0.507 e. The van der Waals surface area contributed by atoms with E-state index in [9.17, 15) is 10.2 Å². The van der Waals surface area contributed by atoms with Crippen LogP contribution in [-0.2, 0) is 12.8 Å². The van der Waals surface area contributed by atoms with Crippen LogP contribution in [0.2, 0.25) is 0 Å². The normalized spacial score (nSPS) is 17.4. The van der Waals surface area contributed by atoms with Crippen molar-refractivity contribution in [3.05, 3.63) is 43.9 Å². The summed E-state index contributed by atoms with van der Waals surface area (Å²) in [5.74, 6) is 0.672. The standard InChI is InChI=1S/C18H20O2/c1-9-5-13-14(6-10(9)2)18(20)16-8-12(4)11(3)7-15(16)17(13)19/h5,8,19-20H,6-7H2,1-4H3. The Morgan fingerprint density at radius 2 is 1.05 bits per heavy atom. The van der Waals surface area contributed by atoms with E-state index < -0.39 is 0 Å². The van der Waals surface area contributed by atoms with Gasteiger partial charge in [-0.15, -0.1) is 0 Å². The summed E-state index contributed by atoms with van der Waals surface area (Å²) in [5.41, 5.74) is 6.55. The molecule has 0 fully saturated rings. The first kappa shape index (κ1) is 13.0. The molecule has 0 spiro atoms. The maximum atomic E-state index is 10.6.